The molecule has 0 heterocycles. The Morgan fingerprint density at radius 3 is 2.48 bits per heavy atom. The fourth-order valence-electron chi connectivity index (χ4n) is 2.90. The molecule has 1 aliphatic carbocycles. The number of fused-ring (bicyclic) bond motifs is 1. The predicted octanol–water partition coefficient (Wildman–Crippen LogP) is 3.25. The second-order valence-electron chi connectivity index (χ2n) is 5.44. The fourth-order valence-corrected chi connectivity index (χ4v) is 2.90. The Balaban J connectivity index is 1.96. The van der Waals surface area contributed by atoms with Gasteiger partial charge in [0.25, 0.3) is 0 Å². The van der Waals surface area contributed by atoms with Gasteiger partial charge in [-0.1, -0.05) is 36.4 Å². The van der Waals surface area contributed by atoms with E-state index in [-0.39, 0.29) is 5.69 Å². The molecule has 0 amide bonds. The number of carbonyl (C=O) groups is 1. The van der Waals surface area contributed by atoms with Gasteiger partial charge in [-0.2, -0.15) is 0 Å². The van der Waals surface area contributed by atoms with Crippen LogP contribution in [0.1, 0.15) is 17.5 Å². The van der Waals surface area contributed by atoms with Gasteiger partial charge in [-0.3, -0.25) is 0 Å². The van der Waals surface area contributed by atoms with Crippen LogP contribution in [0.15, 0.2) is 48.5 Å². The summed E-state index contributed by atoms with van der Waals surface area (Å²) >= 11 is 0. The fraction of sp³-hybridized carbons (Fsp3) is 0.235. The highest BCUT2D eigenvalue weighted by molar-refractivity contribution is 5.84. The van der Waals surface area contributed by atoms with Gasteiger partial charge in [-0.15, -0.1) is 0 Å². The summed E-state index contributed by atoms with van der Waals surface area (Å²) in [7, 11) is 0. The molecule has 4 heteroatoms. The summed E-state index contributed by atoms with van der Waals surface area (Å²) in [6, 6.07) is 14.0. The average molecular weight is 285 g/mol. The van der Waals surface area contributed by atoms with E-state index >= 15 is 0 Å². The zero-order chi connectivity index (χ0) is 14.9. The summed E-state index contributed by atoms with van der Waals surface area (Å²) in [5.74, 6) is -1.38. The highest BCUT2D eigenvalue weighted by atomic mass is 19.1. The first-order chi connectivity index (χ1) is 10.1. The maximum atomic E-state index is 13.8. The second kappa shape index (κ2) is 5.20. The van der Waals surface area contributed by atoms with Crippen LogP contribution in [0.25, 0.3) is 0 Å². The van der Waals surface area contributed by atoms with E-state index in [0.717, 1.165) is 5.56 Å². The van der Waals surface area contributed by atoms with E-state index in [4.69, 9.17) is 0 Å². The number of nitrogens with one attached hydrogen (secondary N) is 1. The maximum absolute atomic E-state index is 13.8. The van der Waals surface area contributed by atoms with Crippen LogP contribution < -0.4 is 5.32 Å². The number of carboxylic acids is 1. The molecule has 108 valence electrons. The number of anilines is 1. The third kappa shape index (κ3) is 2.49. The minimum absolute atomic E-state index is 0.235. The van der Waals surface area contributed by atoms with Gasteiger partial charge in [0.15, 0.2) is 0 Å². The zero-order valence-corrected chi connectivity index (χ0v) is 11.5. The quantitative estimate of drug-likeness (QED) is 0.910. The number of para-hydroxylation sites is 1. The SMILES string of the molecule is O=C(O)C1(Nc2ccccc2F)CCc2ccccc2C1. The third-order valence-electron chi connectivity index (χ3n) is 4.09. The van der Waals surface area contributed by atoms with Gasteiger partial charge in [0.05, 0.1) is 5.69 Å². The largest absolute Gasteiger partial charge is 0.479 e. The van der Waals surface area contributed by atoms with Crippen LogP contribution in [-0.2, 0) is 17.6 Å². The molecular weight excluding hydrogens is 269 g/mol. The number of hydrogen-bond donors (Lipinski definition) is 2. The van der Waals surface area contributed by atoms with E-state index in [1.807, 2.05) is 24.3 Å². The second-order valence-corrected chi connectivity index (χ2v) is 5.44. The lowest BCUT2D eigenvalue weighted by atomic mass is 9.77. The summed E-state index contributed by atoms with van der Waals surface area (Å²) in [5, 5.41) is 12.6. The monoisotopic (exact) mass is 285 g/mol. The first-order valence-electron chi connectivity index (χ1n) is 6.94. The Morgan fingerprint density at radius 1 is 1.10 bits per heavy atom. The van der Waals surface area contributed by atoms with Crippen LogP contribution in [0.2, 0.25) is 0 Å². The molecule has 0 aliphatic heterocycles. The van der Waals surface area contributed by atoms with E-state index in [2.05, 4.69) is 5.32 Å². The van der Waals surface area contributed by atoms with Gasteiger partial charge in [0.2, 0.25) is 0 Å². The summed E-state index contributed by atoms with van der Waals surface area (Å²) in [5.41, 5.74) is 1.26. The maximum Gasteiger partial charge on any atom is 0.329 e. The predicted molar refractivity (Wildman–Crippen MR) is 78.9 cm³/mol. The summed E-state index contributed by atoms with van der Waals surface area (Å²) in [6.45, 7) is 0. The number of carboxylic acid groups (broad SMARTS) is 1. The van der Waals surface area contributed by atoms with Gasteiger partial charge in [0, 0.05) is 6.42 Å². The minimum Gasteiger partial charge on any atom is -0.479 e. The molecule has 0 radical (unpaired) electrons. The van der Waals surface area contributed by atoms with E-state index < -0.39 is 17.3 Å². The van der Waals surface area contributed by atoms with E-state index in [9.17, 15) is 14.3 Å². The lowest BCUT2D eigenvalue weighted by Crippen LogP contribution is -2.50. The molecule has 0 bridgehead atoms. The Kier molecular flexibility index (Phi) is 3.37. The summed E-state index contributed by atoms with van der Waals surface area (Å²) in [6.07, 6.45) is 1.46. The van der Waals surface area contributed by atoms with Crippen molar-refractivity contribution in [3.63, 3.8) is 0 Å². The number of hydrogen-bond acceptors (Lipinski definition) is 2. The highest BCUT2D eigenvalue weighted by Crippen LogP contribution is 2.32. The molecule has 2 aromatic carbocycles. The molecule has 3 rings (SSSR count). The molecule has 0 spiro atoms. The molecule has 0 fully saturated rings. The molecule has 0 saturated carbocycles. The number of rotatable bonds is 3. The van der Waals surface area contributed by atoms with Gasteiger partial charge in [0.1, 0.15) is 11.4 Å². The molecule has 2 aromatic rings. The van der Waals surface area contributed by atoms with Crippen molar-refractivity contribution in [1.29, 1.82) is 0 Å². The Labute approximate surface area is 122 Å². The summed E-state index contributed by atoms with van der Waals surface area (Å²) < 4.78 is 13.8. The molecule has 21 heavy (non-hydrogen) atoms. The smallest absolute Gasteiger partial charge is 0.329 e. The van der Waals surface area contributed by atoms with Crippen molar-refractivity contribution in [2.75, 3.05) is 5.32 Å². The van der Waals surface area contributed by atoms with Crippen molar-refractivity contribution >= 4 is 11.7 Å². The van der Waals surface area contributed by atoms with Crippen molar-refractivity contribution in [2.24, 2.45) is 0 Å². The first-order valence-corrected chi connectivity index (χ1v) is 6.94. The molecule has 1 aliphatic rings. The molecule has 0 aromatic heterocycles. The third-order valence-corrected chi connectivity index (χ3v) is 4.09. The zero-order valence-electron chi connectivity index (χ0n) is 11.5. The van der Waals surface area contributed by atoms with E-state index in [1.165, 1.54) is 11.6 Å². The molecular formula is C17H16FNO2. The number of benzene rings is 2. The van der Waals surface area contributed by atoms with Crippen molar-refractivity contribution < 1.29 is 14.3 Å². The van der Waals surface area contributed by atoms with E-state index in [0.29, 0.717) is 19.3 Å². The van der Waals surface area contributed by atoms with Crippen molar-refractivity contribution in [3.8, 4) is 0 Å². The normalized spacial score (nSPS) is 20.6. The Bertz CT molecular complexity index is 686. The van der Waals surface area contributed by atoms with Gasteiger partial charge < -0.3 is 10.4 Å². The van der Waals surface area contributed by atoms with Crippen LogP contribution in [0.4, 0.5) is 10.1 Å². The molecule has 2 N–H and O–H groups in total. The molecule has 3 nitrogen and oxygen atoms in total. The first kappa shape index (κ1) is 13.6. The van der Waals surface area contributed by atoms with Crippen LogP contribution in [0.5, 0.6) is 0 Å². The topological polar surface area (TPSA) is 49.3 Å². The van der Waals surface area contributed by atoms with Crippen LogP contribution in [0, 0.1) is 5.82 Å². The number of halogens is 1. The highest BCUT2D eigenvalue weighted by Gasteiger charge is 2.41. The van der Waals surface area contributed by atoms with Gasteiger partial charge >= 0.3 is 5.97 Å². The standard InChI is InChI=1S/C17H16FNO2/c18-14-7-3-4-8-15(14)19-17(16(20)21)10-9-12-5-1-2-6-13(12)11-17/h1-8,19H,9-11H2,(H,20,21). The average Bonchev–Trinajstić information content (AvgIpc) is 2.49. The van der Waals surface area contributed by atoms with Crippen molar-refractivity contribution in [1.82, 2.24) is 0 Å². The lowest BCUT2D eigenvalue weighted by Gasteiger charge is -2.36. The Morgan fingerprint density at radius 2 is 1.76 bits per heavy atom. The van der Waals surface area contributed by atoms with Crippen molar-refractivity contribution in [2.45, 2.75) is 24.8 Å². The van der Waals surface area contributed by atoms with Gasteiger partial charge in [-0.05, 0) is 36.1 Å². The molecule has 1 atom stereocenters. The molecule has 1 unspecified atom stereocenters. The van der Waals surface area contributed by atoms with E-state index in [1.54, 1.807) is 18.2 Å². The van der Waals surface area contributed by atoms with Crippen molar-refractivity contribution in [3.05, 3.63) is 65.5 Å². The number of aryl methyl sites for hydroxylation is 1. The van der Waals surface area contributed by atoms with Crippen LogP contribution in [-0.4, -0.2) is 16.6 Å². The van der Waals surface area contributed by atoms with Crippen LogP contribution in [0.3, 0.4) is 0 Å². The number of aliphatic carboxylic acids is 1. The van der Waals surface area contributed by atoms with Crippen LogP contribution >= 0.6 is 0 Å². The van der Waals surface area contributed by atoms with Gasteiger partial charge in [-0.25, -0.2) is 9.18 Å². The summed E-state index contributed by atoms with van der Waals surface area (Å²) in [4.78, 5) is 11.8. The molecule has 0 saturated heterocycles. The minimum atomic E-state index is -1.16. The Hall–Kier alpha value is -2.36. The lowest BCUT2D eigenvalue weighted by molar-refractivity contribution is -0.142.